The molecule has 0 aromatic carbocycles. The summed E-state index contributed by atoms with van der Waals surface area (Å²) in [6.07, 6.45) is 6.39. The summed E-state index contributed by atoms with van der Waals surface area (Å²) >= 11 is 1.74. The summed E-state index contributed by atoms with van der Waals surface area (Å²) in [5.41, 5.74) is 2.55. The lowest BCUT2D eigenvalue weighted by Crippen LogP contribution is -2.56. The lowest BCUT2D eigenvalue weighted by molar-refractivity contribution is -0.138. The Morgan fingerprint density at radius 3 is 2.73 bits per heavy atom. The van der Waals surface area contributed by atoms with Gasteiger partial charge < -0.3 is 4.74 Å². The van der Waals surface area contributed by atoms with Gasteiger partial charge in [0.15, 0.2) is 0 Å². The summed E-state index contributed by atoms with van der Waals surface area (Å²) in [6, 6.07) is 0. The van der Waals surface area contributed by atoms with Crippen molar-refractivity contribution in [1.82, 2.24) is 24.6 Å². The number of rotatable bonds is 5. The first-order valence-electron chi connectivity index (χ1n) is 9.65. The van der Waals surface area contributed by atoms with E-state index in [1.54, 1.807) is 11.3 Å². The van der Waals surface area contributed by atoms with E-state index in [9.17, 15) is 0 Å². The van der Waals surface area contributed by atoms with Gasteiger partial charge in [0.1, 0.15) is 0 Å². The van der Waals surface area contributed by atoms with Gasteiger partial charge in [0.05, 0.1) is 29.1 Å². The lowest BCUT2D eigenvalue weighted by Gasteiger charge is -2.47. The minimum Gasteiger partial charge on any atom is -0.372 e. The quantitative estimate of drug-likeness (QED) is 0.804. The minimum absolute atomic E-state index is 0.0351. The predicted octanol–water partition coefficient (Wildman–Crippen LogP) is 2.53. The van der Waals surface area contributed by atoms with Crippen molar-refractivity contribution >= 4 is 11.3 Å². The molecule has 0 atom stereocenters. The summed E-state index contributed by atoms with van der Waals surface area (Å²) in [5, 5.41) is 7.73. The third-order valence-electron chi connectivity index (χ3n) is 5.56. The summed E-state index contributed by atoms with van der Waals surface area (Å²) in [5.74, 6) is 0. The van der Waals surface area contributed by atoms with Crippen LogP contribution >= 0.6 is 11.3 Å². The molecular formula is C19H29N5OS. The lowest BCUT2D eigenvalue weighted by atomic mass is 9.89. The Balaban J connectivity index is 1.30. The molecule has 26 heavy (non-hydrogen) atoms. The third kappa shape index (κ3) is 4.17. The van der Waals surface area contributed by atoms with Crippen LogP contribution in [0.3, 0.4) is 0 Å². The summed E-state index contributed by atoms with van der Waals surface area (Å²) in [4.78, 5) is 9.69. The van der Waals surface area contributed by atoms with E-state index in [4.69, 9.17) is 4.74 Å². The second kappa shape index (κ2) is 7.76. The third-order valence-corrected chi connectivity index (χ3v) is 6.39. The summed E-state index contributed by atoms with van der Waals surface area (Å²) in [6.45, 7) is 12.2. The maximum absolute atomic E-state index is 6.30. The molecule has 2 aliphatic heterocycles. The molecule has 0 aliphatic carbocycles. The summed E-state index contributed by atoms with van der Waals surface area (Å²) in [7, 11) is 0. The van der Waals surface area contributed by atoms with Gasteiger partial charge in [-0.2, -0.15) is 5.10 Å². The van der Waals surface area contributed by atoms with E-state index in [1.165, 1.54) is 11.3 Å². The smallest absolute Gasteiger partial charge is 0.0897 e. The first kappa shape index (κ1) is 18.1. The highest BCUT2D eigenvalue weighted by Crippen LogP contribution is 2.31. The molecular weight excluding hydrogens is 346 g/mol. The Labute approximate surface area is 159 Å². The first-order chi connectivity index (χ1) is 12.6. The SMILES string of the molecule is CCn1cc(CN2CCC3(CC2)CN(Cc2csc(C)n2)CCO3)cn1. The highest BCUT2D eigenvalue weighted by molar-refractivity contribution is 7.09. The van der Waals surface area contributed by atoms with Crippen LogP contribution in [-0.4, -0.2) is 63.0 Å². The standard InChI is InChI=1S/C19H29N5OS/c1-3-24-12-17(10-20-24)11-22-6-4-19(5-7-22)15-23(8-9-25-19)13-18-14-26-16(2)21-18/h10,12,14H,3-9,11,13,15H2,1-2H3. The fourth-order valence-corrected chi connectivity index (χ4v) is 4.71. The van der Waals surface area contributed by atoms with Crippen molar-refractivity contribution in [1.29, 1.82) is 0 Å². The number of hydrogen-bond acceptors (Lipinski definition) is 6. The maximum atomic E-state index is 6.30. The molecule has 6 nitrogen and oxygen atoms in total. The van der Waals surface area contributed by atoms with Crippen molar-refractivity contribution in [3.05, 3.63) is 34.0 Å². The number of likely N-dealkylation sites (tertiary alicyclic amines) is 1. The molecule has 4 heterocycles. The average molecular weight is 376 g/mol. The van der Waals surface area contributed by atoms with Gasteiger partial charge in [-0.1, -0.05) is 0 Å². The van der Waals surface area contributed by atoms with Crippen molar-refractivity contribution in [3.8, 4) is 0 Å². The molecule has 2 aromatic heterocycles. The zero-order valence-corrected chi connectivity index (χ0v) is 16.7. The van der Waals surface area contributed by atoms with Crippen molar-refractivity contribution < 1.29 is 4.74 Å². The highest BCUT2D eigenvalue weighted by atomic mass is 32.1. The Morgan fingerprint density at radius 1 is 1.19 bits per heavy atom. The number of nitrogens with zero attached hydrogens (tertiary/aromatic N) is 5. The highest BCUT2D eigenvalue weighted by Gasteiger charge is 2.39. The van der Waals surface area contributed by atoms with Gasteiger partial charge in [0.25, 0.3) is 0 Å². The van der Waals surface area contributed by atoms with Crippen molar-refractivity contribution in [2.24, 2.45) is 0 Å². The largest absolute Gasteiger partial charge is 0.372 e. The van der Waals surface area contributed by atoms with Gasteiger partial charge in [-0.05, 0) is 26.7 Å². The van der Waals surface area contributed by atoms with Gasteiger partial charge in [0, 0.05) is 63.0 Å². The molecule has 0 amide bonds. The minimum atomic E-state index is 0.0351. The van der Waals surface area contributed by atoms with Gasteiger partial charge in [-0.3, -0.25) is 14.5 Å². The molecule has 0 radical (unpaired) electrons. The fourth-order valence-electron chi connectivity index (χ4n) is 4.11. The van der Waals surface area contributed by atoms with E-state index < -0.39 is 0 Å². The van der Waals surface area contributed by atoms with E-state index in [-0.39, 0.29) is 5.60 Å². The van der Waals surface area contributed by atoms with Gasteiger partial charge in [-0.25, -0.2) is 4.98 Å². The van der Waals surface area contributed by atoms with E-state index in [1.807, 2.05) is 10.9 Å². The van der Waals surface area contributed by atoms with Crippen LogP contribution in [0, 0.1) is 6.92 Å². The van der Waals surface area contributed by atoms with Crippen LogP contribution in [0.2, 0.25) is 0 Å². The molecule has 142 valence electrons. The summed E-state index contributed by atoms with van der Waals surface area (Å²) < 4.78 is 8.30. The molecule has 2 saturated heterocycles. The zero-order chi connectivity index (χ0) is 18.0. The number of piperidine rings is 1. The van der Waals surface area contributed by atoms with E-state index in [0.717, 1.165) is 70.3 Å². The molecule has 0 N–H and O–H groups in total. The van der Waals surface area contributed by atoms with Crippen molar-refractivity contribution in [3.63, 3.8) is 0 Å². The topological polar surface area (TPSA) is 46.4 Å². The van der Waals surface area contributed by atoms with Gasteiger partial charge in [-0.15, -0.1) is 11.3 Å². The molecule has 4 rings (SSSR count). The van der Waals surface area contributed by atoms with Gasteiger partial charge in [0.2, 0.25) is 0 Å². The monoisotopic (exact) mass is 375 g/mol. The number of aryl methyl sites for hydroxylation is 2. The molecule has 0 bridgehead atoms. The number of aromatic nitrogens is 3. The number of hydrogen-bond donors (Lipinski definition) is 0. The van der Waals surface area contributed by atoms with E-state index in [0.29, 0.717) is 0 Å². The normalized spacial score (nSPS) is 21.5. The van der Waals surface area contributed by atoms with Crippen LogP contribution in [0.1, 0.15) is 36.0 Å². The molecule has 2 aliphatic rings. The van der Waals surface area contributed by atoms with Crippen LogP contribution in [0.5, 0.6) is 0 Å². The van der Waals surface area contributed by atoms with E-state index in [2.05, 4.69) is 45.3 Å². The van der Waals surface area contributed by atoms with Gasteiger partial charge >= 0.3 is 0 Å². The number of ether oxygens (including phenoxy) is 1. The first-order valence-corrected chi connectivity index (χ1v) is 10.5. The Kier molecular flexibility index (Phi) is 5.40. The van der Waals surface area contributed by atoms with Crippen LogP contribution in [0.15, 0.2) is 17.8 Å². The Hall–Kier alpha value is -1.28. The molecule has 1 spiro atoms. The predicted molar refractivity (Wildman–Crippen MR) is 103 cm³/mol. The second-order valence-corrected chi connectivity index (χ2v) is 8.64. The molecule has 2 aromatic rings. The maximum Gasteiger partial charge on any atom is 0.0897 e. The Bertz CT molecular complexity index is 719. The van der Waals surface area contributed by atoms with Crippen LogP contribution in [0.25, 0.3) is 0 Å². The van der Waals surface area contributed by atoms with Crippen LogP contribution in [-0.2, 0) is 24.4 Å². The number of thiazole rings is 1. The second-order valence-electron chi connectivity index (χ2n) is 7.58. The Morgan fingerprint density at radius 2 is 2.04 bits per heavy atom. The van der Waals surface area contributed by atoms with Crippen LogP contribution < -0.4 is 0 Å². The molecule has 0 unspecified atom stereocenters. The zero-order valence-electron chi connectivity index (χ0n) is 15.9. The molecule has 0 saturated carbocycles. The van der Waals surface area contributed by atoms with E-state index >= 15 is 0 Å². The van der Waals surface area contributed by atoms with Crippen LogP contribution in [0.4, 0.5) is 0 Å². The molecule has 2 fully saturated rings. The average Bonchev–Trinajstić information content (AvgIpc) is 3.26. The van der Waals surface area contributed by atoms with Crippen molar-refractivity contribution in [2.45, 2.75) is 51.9 Å². The van der Waals surface area contributed by atoms with Crippen molar-refractivity contribution in [2.75, 3.05) is 32.8 Å². The number of morpholine rings is 1. The molecule has 7 heteroatoms. The fraction of sp³-hybridized carbons (Fsp3) is 0.684.